The number of nitrogens with one attached hydrogen (secondary N) is 1. The third-order valence-corrected chi connectivity index (χ3v) is 6.29. The van der Waals surface area contributed by atoms with Crippen molar-refractivity contribution < 1.29 is 13.2 Å². The number of amides is 1. The van der Waals surface area contributed by atoms with Gasteiger partial charge >= 0.3 is 0 Å². The van der Waals surface area contributed by atoms with E-state index < -0.39 is 10.0 Å². The van der Waals surface area contributed by atoms with Crippen molar-refractivity contribution in [3.8, 4) is 0 Å². The number of carbonyl (C=O) groups is 1. The van der Waals surface area contributed by atoms with Gasteiger partial charge in [0.05, 0.1) is 0 Å². The highest BCUT2D eigenvalue weighted by molar-refractivity contribution is 7.89. The quantitative estimate of drug-likeness (QED) is 0.746. The van der Waals surface area contributed by atoms with Crippen LogP contribution in [0, 0.1) is 11.8 Å². The van der Waals surface area contributed by atoms with E-state index in [1.807, 2.05) is 4.90 Å². The van der Waals surface area contributed by atoms with Gasteiger partial charge in [0.15, 0.2) is 0 Å². The van der Waals surface area contributed by atoms with Crippen LogP contribution in [0.1, 0.15) is 19.3 Å². The highest BCUT2D eigenvalue weighted by atomic mass is 35.5. The topological polar surface area (TPSA) is 105 Å². The molecule has 0 aromatic carbocycles. The molecule has 25 heavy (non-hydrogen) atoms. The van der Waals surface area contributed by atoms with E-state index >= 15 is 0 Å². The summed E-state index contributed by atoms with van der Waals surface area (Å²) in [6.45, 7) is 1.56. The average molecular weight is 411 g/mol. The minimum atomic E-state index is -3.61. The second kappa shape index (κ2) is 9.14. The molecule has 2 aliphatic rings. The molecule has 142 valence electrons. The Morgan fingerprint density at radius 3 is 2.72 bits per heavy atom. The third kappa shape index (κ3) is 5.04. The van der Waals surface area contributed by atoms with Gasteiger partial charge in [-0.15, -0.1) is 24.8 Å². The maximum Gasteiger partial charge on any atom is 0.242 e. The number of carbonyl (C=O) groups excluding carboxylic acids is 1. The van der Waals surface area contributed by atoms with Gasteiger partial charge < -0.3 is 10.6 Å². The van der Waals surface area contributed by atoms with Crippen LogP contribution in [0.3, 0.4) is 0 Å². The van der Waals surface area contributed by atoms with Crippen LogP contribution < -0.4 is 10.5 Å². The molecule has 2 heterocycles. The zero-order valence-corrected chi connectivity index (χ0v) is 16.2. The summed E-state index contributed by atoms with van der Waals surface area (Å²) in [6.07, 6.45) is 5.09. The molecule has 3 rings (SSSR count). The van der Waals surface area contributed by atoms with Crippen molar-refractivity contribution in [1.29, 1.82) is 0 Å². The number of nitrogens with zero attached hydrogens (tertiary/aromatic N) is 2. The summed E-state index contributed by atoms with van der Waals surface area (Å²) in [5.41, 5.74) is 6.07. The summed E-state index contributed by atoms with van der Waals surface area (Å²) >= 11 is 0. The van der Waals surface area contributed by atoms with E-state index in [0.29, 0.717) is 18.4 Å². The molecule has 0 spiro atoms. The van der Waals surface area contributed by atoms with E-state index in [1.165, 1.54) is 18.5 Å². The van der Waals surface area contributed by atoms with Gasteiger partial charge in [0.2, 0.25) is 15.9 Å². The second-order valence-corrected chi connectivity index (χ2v) is 8.07. The summed E-state index contributed by atoms with van der Waals surface area (Å²) in [4.78, 5) is 18.0. The molecule has 1 amide bonds. The molecular weight excluding hydrogens is 387 g/mol. The molecule has 1 saturated heterocycles. The Morgan fingerprint density at radius 1 is 1.32 bits per heavy atom. The molecule has 1 saturated carbocycles. The van der Waals surface area contributed by atoms with Crippen molar-refractivity contribution in [1.82, 2.24) is 14.6 Å². The molecule has 3 N–H and O–H groups in total. The fraction of sp³-hybridized carbons (Fsp3) is 0.600. The Labute approximate surface area is 160 Å². The van der Waals surface area contributed by atoms with Gasteiger partial charge in [0.25, 0.3) is 0 Å². The molecule has 1 aromatic heterocycles. The van der Waals surface area contributed by atoms with Gasteiger partial charge in [-0.25, -0.2) is 13.1 Å². The van der Waals surface area contributed by atoms with Crippen LogP contribution in [0.5, 0.6) is 0 Å². The van der Waals surface area contributed by atoms with Crippen molar-refractivity contribution in [2.24, 2.45) is 17.6 Å². The lowest BCUT2D eigenvalue weighted by Gasteiger charge is -2.18. The standard InChI is InChI=1S/C15H22N4O3S.2ClH/c16-14-4-3-11-9-19(10-13(11)14)15(20)5-7-18-23(21,22)12-2-1-6-17-8-12;;/h1-2,6,8,11,13-14,18H,3-5,7,9-10,16H2;2*1H. The molecule has 1 aromatic rings. The highest BCUT2D eigenvalue weighted by Crippen LogP contribution is 2.37. The summed E-state index contributed by atoms with van der Waals surface area (Å²) in [6, 6.07) is 3.23. The van der Waals surface area contributed by atoms with Gasteiger partial charge in [-0.2, -0.15) is 0 Å². The molecule has 3 atom stereocenters. The zero-order chi connectivity index (χ0) is 16.4. The SMILES string of the molecule is Cl.Cl.NC1CCC2CN(C(=O)CCNS(=O)(=O)c3cccnc3)CC12. The number of nitrogens with two attached hydrogens (primary N) is 1. The second-order valence-electron chi connectivity index (χ2n) is 6.30. The van der Waals surface area contributed by atoms with E-state index in [-0.39, 0.29) is 54.6 Å². The van der Waals surface area contributed by atoms with Crippen LogP contribution in [0.2, 0.25) is 0 Å². The molecule has 0 radical (unpaired) electrons. The first-order valence-corrected chi connectivity index (χ1v) is 9.39. The Hall–Kier alpha value is -0.930. The largest absolute Gasteiger partial charge is 0.342 e. The Kier molecular flexibility index (Phi) is 8.08. The van der Waals surface area contributed by atoms with Crippen LogP contribution >= 0.6 is 24.8 Å². The zero-order valence-electron chi connectivity index (χ0n) is 13.7. The minimum absolute atomic E-state index is 0. The summed E-state index contributed by atoms with van der Waals surface area (Å²) in [5.74, 6) is 0.910. The molecule has 1 aliphatic carbocycles. The van der Waals surface area contributed by atoms with Crippen LogP contribution in [-0.4, -0.2) is 49.9 Å². The van der Waals surface area contributed by atoms with Gasteiger partial charge in [-0.1, -0.05) is 0 Å². The van der Waals surface area contributed by atoms with Crippen LogP contribution in [0.4, 0.5) is 0 Å². The van der Waals surface area contributed by atoms with E-state index in [0.717, 1.165) is 19.4 Å². The van der Waals surface area contributed by atoms with Crippen LogP contribution in [0.15, 0.2) is 29.4 Å². The van der Waals surface area contributed by atoms with Gasteiger partial charge in [-0.05, 0) is 36.8 Å². The Morgan fingerprint density at radius 2 is 2.08 bits per heavy atom. The number of aromatic nitrogens is 1. The van der Waals surface area contributed by atoms with E-state index in [2.05, 4.69) is 9.71 Å². The first-order valence-electron chi connectivity index (χ1n) is 7.90. The summed E-state index contributed by atoms with van der Waals surface area (Å²) in [5, 5.41) is 0. The molecule has 1 aliphatic heterocycles. The van der Waals surface area contributed by atoms with Gasteiger partial charge in [-0.3, -0.25) is 9.78 Å². The molecule has 7 nitrogen and oxygen atoms in total. The lowest BCUT2D eigenvalue weighted by molar-refractivity contribution is -0.130. The number of hydrogen-bond acceptors (Lipinski definition) is 5. The van der Waals surface area contributed by atoms with E-state index in [4.69, 9.17) is 5.73 Å². The number of hydrogen-bond donors (Lipinski definition) is 2. The highest BCUT2D eigenvalue weighted by Gasteiger charge is 2.42. The number of rotatable bonds is 5. The number of likely N-dealkylation sites (tertiary alicyclic amines) is 1. The van der Waals surface area contributed by atoms with Crippen molar-refractivity contribution in [3.63, 3.8) is 0 Å². The molecule has 0 bridgehead atoms. The van der Waals surface area contributed by atoms with E-state index in [1.54, 1.807) is 6.07 Å². The van der Waals surface area contributed by atoms with Crippen LogP contribution in [-0.2, 0) is 14.8 Å². The number of halogens is 2. The Bertz CT molecular complexity index is 675. The minimum Gasteiger partial charge on any atom is -0.342 e. The Balaban J connectivity index is 0.00000156. The predicted octanol–water partition coefficient (Wildman–Crippen LogP) is 0.789. The molecule has 2 fully saturated rings. The van der Waals surface area contributed by atoms with Crippen molar-refractivity contribution in [3.05, 3.63) is 24.5 Å². The summed E-state index contributed by atoms with van der Waals surface area (Å²) < 4.78 is 26.5. The average Bonchev–Trinajstić information content (AvgIpc) is 3.10. The maximum atomic E-state index is 12.2. The lowest BCUT2D eigenvalue weighted by atomic mass is 9.98. The monoisotopic (exact) mass is 410 g/mol. The fourth-order valence-electron chi connectivity index (χ4n) is 3.55. The molecule has 10 heteroatoms. The molecular formula is C15H24Cl2N4O3S. The van der Waals surface area contributed by atoms with Gasteiger partial charge in [0.1, 0.15) is 4.90 Å². The third-order valence-electron chi connectivity index (χ3n) is 4.84. The van der Waals surface area contributed by atoms with Crippen molar-refractivity contribution in [2.45, 2.75) is 30.2 Å². The summed E-state index contributed by atoms with van der Waals surface area (Å²) in [7, 11) is -3.61. The van der Waals surface area contributed by atoms with Crippen LogP contribution in [0.25, 0.3) is 0 Å². The van der Waals surface area contributed by atoms with E-state index in [9.17, 15) is 13.2 Å². The maximum absolute atomic E-state index is 12.2. The van der Waals surface area contributed by atoms with Crippen molar-refractivity contribution in [2.75, 3.05) is 19.6 Å². The lowest BCUT2D eigenvalue weighted by Crippen LogP contribution is -2.35. The smallest absolute Gasteiger partial charge is 0.242 e. The van der Waals surface area contributed by atoms with Gasteiger partial charge in [0, 0.05) is 44.5 Å². The molecule has 3 unspecified atom stereocenters. The first kappa shape index (κ1) is 22.1. The fourth-order valence-corrected chi connectivity index (χ4v) is 4.55. The number of fused-ring (bicyclic) bond motifs is 1. The normalized spacial score (nSPS) is 25.0. The number of pyridine rings is 1. The first-order chi connectivity index (χ1) is 11.0. The number of sulfonamides is 1. The van der Waals surface area contributed by atoms with Crippen molar-refractivity contribution >= 4 is 40.7 Å². The predicted molar refractivity (Wildman–Crippen MR) is 99.3 cm³/mol.